The molecule has 0 unspecified atom stereocenters. The standard InChI is InChI=1S/C24H26N4O2S2/c1-4-28(5-2)32(29,30)21-14-9-12-19(16-21)23-25-26-24(27(23)3)31-17-20-13-8-11-18-10-6-7-15-22(18)20/h6-16H,4-5,17H2,1-3H3. The van der Waals surface area contributed by atoms with Gasteiger partial charge in [-0.15, -0.1) is 10.2 Å². The molecular formula is C24H26N4O2S2. The Morgan fingerprint density at radius 3 is 2.44 bits per heavy atom. The van der Waals surface area contributed by atoms with E-state index in [1.165, 1.54) is 20.6 Å². The maximum absolute atomic E-state index is 12.9. The molecule has 0 aliphatic rings. The van der Waals surface area contributed by atoms with Crippen molar-refractivity contribution in [2.24, 2.45) is 7.05 Å². The number of benzene rings is 3. The maximum atomic E-state index is 12.9. The first kappa shape index (κ1) is 22.5. The Hall–Kier alpha value is -2.68. The van der Waals surface area contributed by atoms with Crippen LogP contribution in [0.15, 0.2) is 76.8 Å². The topological polar surface area (TPSA) is 68.1 Å². The van der Waals surface area contributed by atoms with E-state index in [0.717, 1.165) is 16.5 Å². The molecular weight excluding hydrogens is 440 g/mol. The summed E-state index contributed by atoms with van der Waals surface area (Å²) in [5, 5.41) is 12.0. The van der Waals surface area contributed by atoms with Gasteiger partial charge in [-0.05, 0) is 28.5 Å². The Morgan fingerprint density at radius 2 is 1.66 bits per heavy atom. The average Bonchev–Trinajstić information content (AvgIpc) is 3.18. The molecule has 0 saturated heterocycles. The number of rotatable bonds is 8. The molecule has 0 atom stereocenters. The minimum absolute atomic E-state index is 0.270. The predicted octanol–water partition coefficient (Wildman–Crippen LogP) is 4.96. The van der Waals surface area contributed by atoms with Crippen molar-refractivity contribution in [2.75, 3.05) is 13.1 Å². The molecule has 32 heavy (non-hydrogen) atoms. The van der Waals surface area contributed by atoms with Crippen LogP contribution in [0.25, 0.3) is 22.2 Å². The summed E-state index contributed by atoms with van der Waals surface area (Å²) >= 11 is 1.62. The maximum Gasteiger partial charge on any atom is 0.243 e. The zero-order valence-corrected chi connectivity index (χ0v) is 20.0. The van der Waals surface area contributed by atoms with Crippen LogP contribution in [-0.2, 0) is 22.8 Å². The van der Waals surface area contributed by atoms with Gasteiger partial charge >= 0.3 is 0 Å². The molecule has 4 aromatic rings. The third-order valence-corrected chi connectivity index (χ3v) is 8.62. The highest BCUT2D eigenvalue weighted by atomic mass is 32.2. The van der Waals surface area contributed by atoms with E-state index in [4.69, 9.17) is 0 Å². The quantitative estimate of drug-likeness (QED) is 0.343. The van der Waals surface area contributed by atoms with Crippen molar-refractivity contribution in [2.45, 2.75) is 29.7 Å². The van der Waals surface area contributed by atoms with Crippen molar-refractivity contribution in [1.82, 2.24) is 19.1 Å². The van der Waals surface area contributed by atoms with Gasteiger partial charge in [-0.25, -0.2) is 8.42 Å². The van der Waals surface area contributed by atoms with Gasteiger partial charge in [-0.1, -0.05) is 80.2 Å². The van der Waals surface area contributed by atoms with Crippen LogP contribution in [0.2, 0.25) is 0 Å². The molecule has 0 spiro atoms. The number of fused-ring (bicyclic) bond motifs is 1. The average molecular weight is 467 g/mol. The lowest BCUT2D eigenvalue weighted by Crippen LogP contribution is -2.30. The van der Waals surface area contributed by atoms with Crippen molar-refractivity contribution < 1.29 is 8.42 Å². The minimum atomic E-state index is -3.53. The number of aromatic nitrogens is 3. The van der Waals surface area contributed by atoms with Crippen LogP contribution in [0.4, 0.5) is 0 Å². The number of thioether (sulfide) groups is 1. The monoisotopic (exact) mass is 466 g/mol. The summed E-state index contributed by atoms with van der Waals surface area (Å²) in [6.45, 7) is 4.55. The van der Waals surface area contributed by atoms with Crippen LogP contribution >= 0.6 is 11.8 Å². The highest BCUT2D eigenvalue weighted by molar-refractivity contribution is 7.98. The molecule has 3 aromatic carbocycles. The fraction of sp³-hybridized carbons (Fsp3) is 0.250. The summed E-state index contributed by atoms with van der Waals surface area (Å²) in [6, 6.07) is 21.6. The van der Waals surface area contributed by atoms with Gasteiger partial charge < -0.3 is 4.57 Å². The molecule has 0 bridgehead atoms. The molecule has 0 radical (unpaired) electrons. The summed E-state index contributed by atoms with van der Waals surface area (Å²) in [7, 11) is -1.63. The van der Waals surface area contributed by atoms with Crippen molar-refractivity contribution in [1.29, 1.82) is 0 Å². The molecule has 0 fully saturated rings. The van der Waals surface area contributed by atoms with Gasteiger partial charge in [0, 0.05) is 31.5 Å². The zero-order valence-electron chi connectivity index (χ0n) is 18.4. The summed E-state index contributed by atoms with van der Waals surface area (Å²) < 4.78 is 29.2. The summed E-state index contributed by atoms with van der Waals surface area (Å²) in [4.78, 5) is 0.270. The summed E-state index contributed by atoms with van der Waals surface area (Å²) in [5.41, 5.74) is 1.97. The minimum Gasteiger partial charge on any atom is -0.305 e. The number of nitrogens with zero attached hydrogens (tertiary/aromatic N) is 4. The molecule has 0 N–H and O–H groups in total. The van der Waals surface area contributed by atoms with Gasteiger partial charge in [0.2, 0.25) is 10.0 Å². The Balaban J connectivity index is 1.60. The molecule has 4 rings (SSSR count). The van der Waals surface area contributed by atoms with E-state index in [2.05, 4.69) is 46.6 Å². The Bertz CT molecular complexity index is 1340. The van der Waals surface area contributed by atoms with Crippen LogP contribution in [0.5, 0.6) is 0 Å². The third-order valence-electron chi connectivity index (χ3n) is 5.51. The second-order valence-electron chi connectivity index (χ2n) is 7.41. The van der Waals surface area contributed by atoms with E-state index >= 15 is 0 Å². The zero-order chi connectivity index (χ0) is 22.7. The SMILES string of the molecule is CCN(CC)S(=O)(=O)c1cccc(-c2nnc(SCc3cccc4ccccc34)n2C)c1. The molecule has 166 valence electrons. The van der Waals surface area contributed by atoms with Gasteiger partial charge in [0.25, 0.3) is 0 Å². The van der Waals surface area contributed by atoms with Gasteiger partial charge in [-0.3, -0.25) is 0 Å². The summed E-state index contributed by atoms with van der Waals surface area (Å²) in [5.74, 6) is 1.41. The van der Waals surface area contributed by atoms with E-state index in [1.807, 2.05) is 37.6 Å². The lowest BCUT2D eigenvalue weighted by molar-refractivity contribution is 0.445. The van der Waals surface area contributed by atoms with Gasteiger partial charge in [0.1, 0.15) is 0 Å². The second-order valence-corrected chi connectivity index (χ2v) is 10.3. The van der Waals surface area contributed by atoms with Gasteiger partial charge in [0.05, 0.1) is 4.90 Å². The highest BCUT2D eigenvalue weighted by Crippen LogP contribution is 2.29. The molecule has 6 nitrogen and oxygen atoms in total. The van der Waals surface area contributed by atoms with Crippen molar-refractivity contribution >= 4 is 32.6 Å². The Kier molecular flexibility index (Phi) is 6.64. The van der Waals surface area contributed by atoms with Crippen LogP contribution in [0.1, 0.15) is 19.4 Å². The first-order valence-corrected chi connectivity index (χ1v) is 13.0. The molecule has 0 aliphatic carbocycles. The predicted molar refractivity (Wildman–Crippen MR) is 130 cm³/mol. The first-order valence-electron chi connectivity index (χ1n) is 10.5. The Labute approximate surface area is 193 Å². The summed E-state index contributed by atoms with van der Waals surface area (Å²) in [6.07, 6.45) is 0. The highest BCUT2D eigenvalue weighted by Gasteiger charge is 2.22. The van der Waals surface area contributed by atoms with E-state index < -0.39 is 10.0 Å². The number of sulfonamides is 1. The molecule has 1 heterocycles. The number of hydrogen-bond acceptors (Lipinski definition) is 5. The Morgan fingerprint density at radius 1 is 0.938 bits per heavy atom. The van der Waals surface area contributed by atoms with Gasteiger partial charge in [-0.2, -0.15) is 4.31 Å². The van der Waals surface area contributed by atoms with E-state index in [-0.39, 0.29) is 4.90 Å². The fourth-order valence-electron chi connectivity index (χ4n) is 3.76. The van der Waals surface area contributed by atoms with Crippen LogP contribution < -0.4 is 0 Å². The molecule has 0 amide bonds. The van der Waals surface area contributed by atoms with E-state index in [1.54, 1.807) is 30.0 Å². The van der Waals surface area contributed by atoms with Crippen molar-refractivity contribution in [3.63, 3.8) is 0 Å². The fourth-order valence-corrected chi connectivity index (χ4v) is 6.18. The third kappa shape index (κ3) is 4.30. The molecule has 0 aliphatic heterocycles. The van der Waals surface area contributed by atoms with Crippen molar-refractivity contribution in [3.8, 4) is 11.4 Å². The lowest BCUT2D eigenvalue weighted by Gasteiger charge is -2.18. The molecule has 8 heteroatoms. The lowest BCUT2D eigenvalue weighted by atomic mass is 10.1. The second kappa shape index (κ2) is 9.44. The van der Waals surface area contributed by atoms with Crippen molar-refractivity contribution in [3.05, 3.63) is 72.3 Å². The van der Waals surface area contributed by atoms with E-state index in [9.17, 15) is 8.42 Å². The van der Waals surface area contributed by atoms with E-state index in [0.29, 0.717) is 18.9 Å². The molecule has 1 aromatic heterocycles. The van der Waals surface area contributed by atoms with Crippen LogP contribution in [-0.4, -0.2) is 40.6 Å². The normalized spacial score (nSPS) is 12.0. The van der Waals surface area contributed by atoms with Gasteiger partial charge in [0.15, 0.2) is 11.0 Å². The number of hydrogen-bond donors (Lipinski definition) is 0. The smallest absolute Gasteiger partial charge is 0.243 e. The van der Waals surface area contributed by atoms with Crippen LogP contribution in [0, 0.1) is 0 Å². The first-order chi connectivity index (χ1) is 15.5. The van der Waals surface area contributed by atoms with Crippen LogP contribution in [0.3, 0.4) is 0 Å². The largest absolute Gasteiger partial charge is 0.305 e. The molecule has 0 saturated carbocycles.